The van der Waals surface area contributed by atoms with E-state index in [-0.39, 0.29) is 56.9 Å². The molecule has 0 aromatic heterocycles. The molecule has 0 radical (unpaired) electrons. The zero-order chi connectivity index (χ0) is 9.14. The fourth-order valence-electron chi connectivity index (χ4n) is 0.836. The summed E-state index contributed by atoms with van der Waals surface area (Å²) in [4.78, 5) is 10.3. The molecule has 1 atom stereocenters. The van der Waals surface area contributed by atoms with Crippen LogP contribution in [0.15, 0.2) is 24.3 Å². The molecular formula is C8H9ClKNO3. The van der Waals surface area contributed by atoms with Crippen LogP contribution in [0.3, 0.4) is 0 Å². The maximum atomic E-state index is 10.3. The summed E-state index contributed by atoms with van der Waals surface area (Å²) in [6, 6.07) is 5.27. The molecule has 0 heterocycles. The van der Waals surface area contributed by atoms with Crippen LogP contribution in [-0.2, 0) is 4.79 Å². The van der Waals surface area contributed by atoms with Crippen molar-refractivity contribution in [3.63, 3.8) is 0 Å². The fraction of sp³-hybridized carbons (Fsp3) is 0.125. The smallest absolute Gasteiger partial charge is 0.548 e. The summed E-state index contributed by atoms with van der Waals surface area (Å²) in [5.41, 5.74) is 5.73. The predicted molar refractivity (Wildman–Crippen MR) is 47.0 cm³/mol. The van der Waals surface area contributed by atoms with Crippen LogP contribution in [0.25, 0.3) is 0 Å². The van der Waals surface area contributed by atoms with Gasteiger partial charge in [-0.15, -0.1) is 0 Å². The molecular weight excluding hydrogens is 233 g/mol. The number of carbonyl (C=O) groups excluding carboxylic acids is 1. The molecule has 0 amide bonds. The van der Waals surface area contributed by atoms with Crippen molar-refractivity contribution in [1.29, 1.82) is 0 Å². The normalized spacial score (nSPS) is 10.7. The Hall–Kier alpha value is 0.536. The van der Waals surface area contributed by atoms with Gasteiger partial charge < -0.3 is 21.1 Å². The van der Waals surface area contributed by atoms with Crippen LogP contribution in [0.4, 0.5) is 0 Å². The molecule has 14 heavy (non-hydrogen) atoms. The maximum absolute atomic E-state index is 10.3. The second kappa shape index (κ2) is 7.78. The van der Waals surface area contributed by atoms with E-state index in [1.54, 1.807) is 18.2 Å². The van der Waals surface area contributed by atoms with Crippen molar-refractivity contribution in [3.05, 3.63) is 34.9 Å². The zero-order valence-corrected chi connectivity index (χ0v) is 11.5. The summed E-state index contributed by atoms with van der Waals surface area (Å²) in [7, 11) is 0. The van der Waals surface area contributed by atoms with Gasteiger partial charge in [-0.3, -0.25) is 0 Å². The largest absolute Gasteiger partial charge is 1.00 e. The van der Waals surface area contributed by atoms with E-state index in [1.165, 1.54) is 6.07 Å². The summed E-state index contributed by atoms with van der Waals surface area (Å²) in [6.45, 7) is 0. The Balaban J connectivity index is 0. The molecule has 4 N–H and O–H groups in total. The first kappa shape index (κ1) is 16.9. The molecule has 72 valence electrons. The number of hydrogen-bond acceptors (Lipinski definition) is 3. The third kappa shape index (κ3) is 4.86. The third-order valence-electron chi connectivity index (χ3n) is 1.46. The van der Waals surface area contributed by atoms with Crippen LogP contribution >= 0.6 is 11.6 Å². The number of carbonyl (C=O) groups is 1. The topological polar surface area (TPSA) is 97.7 Å². The minimum absolute atomic E-state index is 0. The average Bonchev–Trinajstić information content (AvgIpc) is 2.03. The van der Waals surface area contributed by atoms with Crippen molar-refractivity contribution in [3.8, 4) is 0 Å². The molecule has 0 bridgehead atoms. The van der Waals surface area contributed by atoms with E-state index in [2.05, 4.69) is 0 Å². The summed E-state index contributed by atoms with van der Waals surface area (Å²) >= 11 is 5.62. The van der Waals surface area contributed by atoms with Gasteiger partial charge in [-0.1, -0.05) is 23.7 Å². The van der Waals surface area contributed by atoms with Gasteiger partial charge in [-0.2, -0.15) is 0 Å². The summed E-state index contributed by atoms with van der Waals surface area (Å²) < 4.78 is 0. The Bertz CT molecular complexity index is 308. The number of nitrogens with two attached hydrogens (primary N) is 1. The van der Waals surface area contributed by atoms with Gasteiger partial charge in [0.25, 0.3) is 0 Å². The first-order valence-corrected chi connectivity index (χ1v) is 3.71. The number of benzene rings is 1. The summed E-state index contributed by atoms with van der Waals surface area (Å²) in [6.07, 6.45) is 0. The van der Waals surface area contributed by atoms with E-state index < -0.39 is 12.0 Å². The third-order valence-corrected chi connectivity index (χ3v) is 1.70. The number of hydrogen-bond donors (Lipinski definition) is 1. The average molecular weight is 242 g/mol. The van der Waals surface area contributed by atoms with Crippen molar-refractivity contribution in [2.24, 2.45) is 5.73 Å². The van der Waals surface area contributed by atoms with Crippen LogP contribution in [0, 0.1) is 0 Å². The molecule has 0 aliphatic heterocycles. The van der Waals surface area contributed by atoms with Crippen LogP contribution in [-0.4, -0.2) is 11.4 Å². The first-order chi connectivity index (χ1) is 5.61. The molecule has 4 nitrogen and oxygen atoms in total. The number of rotatable bonds is 2. The van der Waals surface area contributed by atoms with E-state index in [0.717, 1.165) is 0 Å². The molecule has 1 unspecified atom stereocenters. The first-order valence-electron chi connectivity index (χ1n) is 3.33. The molecule has 0 aliphatic rings. The molecule has 1 aromatic carbocycles. The van der Waals surface area contributed by atoms with Gasteiger partial charge in [0, 0.05) is 5.02 Å². The minimum atomic E-state index is -1.31. The summed E-state index contributed by atoms with van der Waals surface area (Å²) in [5.74, 6) is -1.31. The fourth-order valence-corrected chi connectivity index (χ4v) is 1.03. The predicted octanol–water partition coefficient (Wildman–Crippen LogP) is -3.73. The van der Waals surface area contributed by atoms with Crippen molar-refractivity contribution in [2.75, 3.05) is 0 Å². The van der Waals surface area contributed by atoms with E-state index in [4.69, 9.17) is 17.3 Å². The van der Waals surface area contributed by atoms with E-state index in [0.29, 0.717) is 10.6 Å². The Morgan fingerprint density at radius 3 is 2.50 bits per heavy atom. The second-order valence-electron chi connectivity index (χ2n) is 2.35. The summed E-state index contributed by atoms with van der Waals surface area (Å²) in [5, 5.41) is 10.8. The number of carboxylic acid groups (broad SMARTS) is 1. The molecule has 0 spiro atoms. The van der Waals surface area contributed by atoms with Crippen LogP contribution < -0.4 is 62.2 Å². The number of carboxylic acids is 1. The molecule has 6 heteroatoms. The Labute approximate surface area is 129 Å². The molecule has 1 aromatic rings. The van der Waals surface area contributed by atoms with Crippen molar-refractivity contribution >= 4 is 17.6 Å². The number of aliphatic carboxylic acids is 1. The van der Waals surface area contributed by atoms with Gasteiger partial charge in [0.1, 0.15) is 0 Å². The van der Waals surface area contributed by atoms with Gasteiger partial charge in [-0.25, -0.2) is 0 Å². The van der Waals surface area contributed by atoms with Crippen molar-refractivity contribution < 1.29 is 66.8 Å². The SMILES string of the molecule is NC(C(=O)[O-])c1cccc(Cl)c1.O.[K+]. The van der Waals surface area contributed by atoms with Crippen LogP contribution in [0.2, 0.25) is 5.02 Å². The Morgan fingerprint density at radius 2 is 2.07 bits per heavy atom. The van der Waals surface area contributed by atoms with Gasteiger partial charge in [-0.05, 0) is 17.7 Å². The van der Waals surface area contributed by atoms with Gasteiger partial charge in [0.2, 0.25) is 0 Å². The standard InChI is InChI=1S/C8H8ClNO2.K.H2O/c9-6-3-1-2-5(4-6)7(10)8(11)12;;/h1-4,7H,10H2,(H,11,12);;1H2/q;+1;/p-1. The molecule has 0 saturated carbocycles. The molecule has 0 aliphatic carbocycles. The van der Waals surface area contributed by atoms with Gasteiger partial charge in [0.15, 0.2) is 0 Å². The quantitative estimate of drug-likeness (QED) is 0.539. The van der Waals surface area contributed by atoms with Crippen molar-refractivity contribution in [1.82, 2.24) is 0 Å². The number of halogens is 1. The minimum Gasteiger partial charge on any atom is -0.548 e. The van der Waals surface area contributed by atoms with Crippen molar-refractivity contribution in [2.45, 2.75) is 6.04 Å². The molecule has 0 fully saturated rings. The zero-order valence-electron chi connectivity index (χ0n) is 7.66. The van der Waals surface area contributed by atoms with E-state index >= 15 is 0 Å². The van der Waals surface area contributed by atoms with Gasteiger partial charge in [0.05, 0.1) is 12.0 Å². The Kier molecular flexibility index (Phi) is 9.42. The monoisotopic (exact) mass is 241 g/mol. The van der Waals surface area contributed by atoms with Crippen LogP contribution in [0.5, 0.6) is 0 Å². The van der Waals surface area contributed by atoms with E-state index in [1.807, 2.05) is 0 Å². The second-order valence-corrected chi connectivity index (χ2v) is 2.79. The molecule has 0 saturated heterocycles. The maximum Gasteiger partial charge on any atom is 1.00 e. The Morgan fingerprint density at radius 1 is 1.50 bits per heavy atom. The van der Waals surface area contributed by atoms with E-state index in [9.17, 15) is 9.90 Å². The molecule has 1 rings (SSSR count). The van der Waals surface area contributed by atoms with Crippen LogP contribution in [0.1, 0.15) is 11.6 Å². The van der Waals surface area contributed by atoms with Gasteiger partial charge >= 0.3 is 51.4 Å².